The molecule has 0 fully saturated rings. The molecule has 5 aromatic rings. The van der Waals surface area contributed by atoms with E-state index < -0.39 is 8.07 Å². The number of aromatic nitrogens is 2. The molecule has 0 N–H and O–H groups in total. The van der Waals surface area contributed by atoms with Gasteiger partial charge >= 0.3 is 0 Å². The third-order valence-corrected chi connectivity index (χ3v) is 9.88. The molecule has 3 aromatic carbocycles. The van der Waals surface area contributed by atoms with E-state index in [1.165, 1.54) is 27.4 Å². The summed E-state index contributed by atoms with van der Waals surface area (Å²) >= 11 is 0. The maximum absolute atomic E-state index is 4.67. The van der Waals surface area contributed by atoms with E-state index in [0.29, 0.717) is 5.41 Å². The SMILES string of the molecule is CC(C)(c1c[c-]c(-c2ccc([Si](C)(C)C)cn2)cc1)c1ccccc1.Cc1cnc(-c2[c-]cccc2)cc1CC(C)(C)C.[Ir]. The van der Waals surface area contributed by atoms with Gasteiger partial charge in [-0.1, -0.05) is 108 Å². The van der Waals surface area contributed by atoms with Crippen molar-refractivity contribution in [3.63, 3.8) is 0 Å². The zero-order valence-corrected chi connectivity index (χ0v) is 31.1. The minimum atomic E-state index is -1.30. The smallest absolute Gasteiger partial charge is 0.0795 e. The number of nitrogens with zero attached hydrogens (tertiary/aromatic N) is 2. The van der Waals surface area contributed by atoms with Gasteiger partial charge in [-0.05, 0) is 51.9 Å². The molecule has 0 aliphatic rings. The van der Waals surface area contributed by atoms with Crippen molar-refractivity contribution in [2.45, 2.75) is 73.0 Å². The molecule has 0 spiro atoms. The second kappa shape index (κ2) is 14.7. The van der Waals surface area contributed by atoms with Crippen LogP contribution >= 0.6 is 0 Å². The molecule has 231 valence electrons. The third-order valence-electron chi connectivity index (χ3n) is 7.86. The summed E-state index contributed by atoms with van der Waals surface area (Å²) in [6, 6.07) is 38.3. The summed E-state index contributed by atoms with van der Waals surface area (Å²) in [5.41, 5.74) is 9.60. The number of rotatable bonds is 6. The summed E-state index contributed by atoms with van der Waals surface area (Å²) < 4.78 is 0. The maximum atomic E-state index is 4.67. The van der Waals surface area contributed by atoms with Crippen LogP contribution in [0.25, 0.3) is 22.5 Å². The summed E-state index contributed by atoms with van der Waals surface area (Å²) in [4.78, 5) is 9.18. The van der Waals surface area contributed by atoms with Crippen molar-refractivity contribution >= 4 is 13.3 Å². The van der Waals surface area contributed by atoms with Crippen LogP contribution in [0.4, 0.5) is 0 Å². The van der Waals surface area contributed by atoms with Crippen LogP contribution in [0, 0.1) is 24.5 Å². The Balaban J connectivity index is 0.000000247. The van der Waals surface area contributed by atoms with Gasteiger partial charge in [-0.3, -0.25) is 0 Å². The molecule has 2 aromatic heterocycles. The molecule has 0 saturated carbocycles. The normalized spacial score (nSPS) is 11.7. The van der Waals surface area contributed by atoms with E-state index in [1.807, 2.05) is 30.6 Å². The first-order valence-corrected chi connectivity index (χ1v) is 18.7. The molecular formula is C40H46IrN2Si-2. The molecule has 0 bridgehead atoms. The zero-order chi connectivity index (χ0) is 31.3. The first-order valence-electron chi connectivity index (χ1n) is 15.2. The summed E-state index contributed by atoms with van der Waals surface area (Å²) in [7, 11) is -1.30. The summed E-state index contributed by atoms with van der Waals surface area (Å²) in [5.74, 6) is 0. The first-order chi connectivity index (χ1) is 20.2. The third kappa shape index (κ3) is 9.41. The summed E-state index contributed by atoms with van der Waals surface area (Å²) in [6.45, 7) is 20.5. The average molecular weight is 775 g/mol. The number of pyridine rings is 2. The van der Waals surface area contributed by atoms with Crippen LogP contribution in [0.2, 0.25) is 19.6 Å². The molecule has 0 amide bonds. The van der Waals surface area contributed by atoms with Crippen molar-refractivity contribution < 1.29 is 20.1 Å². The Labute approximate surface area is 280 Å². The van der Waals surface area contributed by atoms with Crippen LogP contribution in [0.1, 0.15) is 56.9 Å². The number of hydrogen-bond acceptors (Lipinski definition) is 2. The van der Waals surface area contributed by atoms with Crippen LogP contribution in [0.5, 0.6) is 0 Å². The molecule has 5 rings (SSSR count). The Morgan fingerprint density at radius 1 is 0.682 bits per heavy atom. The van der Waals surface area contributed by atoms with Gasteiger partial charge in [-0.25, -0.2) is 0 Å². The Bertz CT molecular complexity index is 1600. The van der Waals surface area contributed by atoms with Crippen LogP contribution in [-0.2, 0) is 31.9 Å². The standard InChI is InChI=1S/C23H26NSi.C17H20N.Ir/c1-23(2,19-9-7-6-8-10-19)20-13-11-18(12-14-20)22-16-15-21(17-24-22)25(3,4)5;1-13-12-18-16(14-8-6-5-7-9-14)10-15(13)11-17(2,3)4;/h6-11,13-17H,1-5H3;5-8,10,12H,11H2,1-4H3;/q2*-1;. The van der Waals surface area contributed by atoms with Gasteiger partial charge in [-0.15, -0.1) is 71.3 Å². The second-order valence-corrected chi connectivity index (χ2v) is 19.3. The minimum absolute atomic E-state index is 0. The van der Waals surface area contributed by atoms with Crippen molar-refractivity contribution in [2.24, 2.45) is 5.41 Å². The van der Waals surface area contributed by atoms with Gasteiger partial charge in [0.05, 0.1) is 8.07 Å². The quantitative estimate of drug-likeness (QED) is 0.127. The molecule has 0 aliphatic carbocycles. The van der Waals surface area contributed by atoms with Crippen molar-refractivity contribution in [3.8, 4) is 22.5 Å². The van der Waals surface area contributed by atoms with Gasteiger partial charge in [-0.2, -0.15) is 0 Å². The molecule has 2 nitrogen and oxygen atoms in total. The zero-order valence-electron chi connectivity index (χ0n) is 27.7. The number of aryl methyl sites for hydroxylation is 1. The first kappa shape index (κ1) is 35.3. The van der Waals surface area contributed by atoms with E-state index in [-0.39, 0.29) is 25.5 Å². The Kier molecular flexibility index (Phi) is 11.8. The Morgan fingerprint density at radius 2 is 1.34 bits per heavy atom. The second-order valence-electron chi connectivity index (χ2n) is 14.2. The predicted octanol–water partition coefficient (Wildman–Crippen LogP) is 9.86. The van der Waals surface area contributed by atoms with E-state index >= 15 is 0 Å². The predicted molar refractivity (Wildman–Crippen MR) is 186 cm³/mol. The van der Waals surface area contributed by atoms with E-state index in [4.69, 9.17) is 0 Å². The van der Waals surface area contributed by atoms with Gasteiger partial charge in [0.1, 0.15) is 0 Å². The molecule has 44 heavy (non-hydrogen) atoms. The van der Waals surface area contributed by atoms with Crippen molar-refractivity contribution in [1.29, 1.82) is 0 Å². The summed E-state index contributed by atoms with van der Waals surface area (Å²) in [6.07, 6.45) is 5.08. The molecule has 0 aliphatic heterocycles. The van der Waals surface area contributed by atoms with Crippen molar-refractivity contribution in [3.05, 3.63) is 138 Å². The summed E-state index contributed by atoms with van der Waals surface area (Å²) in [5, 5.41) is 1.39. The maximum Gasteiger partial charge on any atom is 0.0795 e. The van der Waals surface area contributed by atoms with Gasteiger partial charge in [0.15, 0.2) is 0 Å². The number of benzene rings is 3. The van der Waals surface area contributed by atoms with Crippen LogP contribution in [0.3, 0.4) is 0 Å². The Hall–Kier alpha value is -3.17. The molecule has 4 heteroatoms. The van der Waals surface area contributed by atoms with Crippen molar-refractivity contribution in [1.82, 2.24) is 9.97 Å². The molecule has 1 radical (unpaired) electrons. The molecule has 0 atom stereocenters. The van der Waals surface area contributed by atoms with Gasteiger partial charge < -0.3 is 9.97 Å². The van der Waals surface area contributed by atoms with Crippen molar-refractivity contribution in [2.75, 3.05) is 0 Å². The molecule has 2 heterocycles. The van der Waals surface area contributed by atoms with E-state index in [2.05, 4.69) is 156 Å². The van der Waals surface area contributed by atoms with E-state index in [0.717, 1.165) is 28.9 Å². The monoisotopic (exact) mass is 775 g/mol. The van der Waals surface area contributed by atoms with Crippen LogP contribution < -0.4 is 5.19 Å². The molecule has 0 unspecified atom stereocenters. The van der Waals surface area contributed by atoms with Crippen LogP contribution in [-0.4, -0.2) is 18.0 Å². The van der Waals surface area contributed by atoms with Gasteiger partial charge in [0.25, 0.3) is 0 Å². The van der Waals surface area contributed by atoms with Gasteiger partial charge in [0, 0.05) is 32.5 Å². The molecule has 0 saturated heterocycles. The Morgan fingerprint density at radius 3 is 1.89 bits per heavy atom. The molecular weight excluding hydrogens is 729 g/mol. The van der Waals surface area contributed by atoms with Crippen LogP contribution in [0.15, 0.2) is 103 Å². The average Bonchev–Trinajstić information content (AvgIpc) is 2.98. The van der Waals surface area contributed by atoms with E-state index in [9.17, 15) is 0 Å². The van der Waals surface area contributed by atoms with E-state index in [1.54, 1.807) is 0 Å². The topological polar surface area (TPSA) is 25.8 Å². The minimum Gasteiger partial charge on any atom is -0.305 e. The largest absolute Gasteiger partial charge is 0.305 e. The fourth-order valence-electron chi connectivity index (χ4n) is 5.02. The number of hydrogen-bond donors (Lipinski definition) is 0. The van der Waals surface area contributed by atoms with Gasteiger partial charge in [0.2, 0.25) is 0 Å². The fourth-order valence-corrected chi connectivity index (χ4v) is 6.05. The fraction of sp³-hybridized carbons (Fsp3) is 0.300.